The number of benzene rings is 2. The van der Waals surface area contributed by atoms with Crippen molar-refractivity contribution in [1.82, 2.24) is 9.88 Å². The number of ether oxygens (including phenoxy) is 1. The molecular weight excluding hydrogens is 438 g/mol. The van der Waals surface area contributed by atoms with Crippen LogP contribution in [0.5, 0.6) is 5.75 Å². The topological polar surface area (TPSA) is 88.6 Å². The number of nitrogens with one attached hydrogen (secondary N) is 1. The number of sulfonamides is 1. The maximum atomic E-state index is 13.5. The Balaban J connectivity index is 1.63. The van der Waals surface area contributed by atoms with Gasteiger partial charge < -0.3 is 9.64 Å². The number of methoxy groups -OCH3 is 1. The third-order valence-corrected chi connectivity index (χ3v) is 7.21. The number of nitrogens with zero attached hydrogens (tertiary/aromatic N) is 2. The molecule has 7 nitrogen and oxygen atoms in total. The van der Waals surface area contributed by atoms with E-state index in [-0.39, 0.29) is 16.8 Å². The summed E-state index contributed by atoms with van der Waals surface area (Å²) in [6.45, 7) is 0.627. The van der Waals surface area contributed by atoms with Gasteiger partial charge in [0.05, 0.1) is 23.7 Å². The number of amides is 1. The molecule has 1 amide bonds. The van der Waals surface area contributed by atoms with Crippen molar-refractivity contribution in [3.05, 3.63) is 84.2 Å². The first kappa shape index (κ1) is 22.8. The van der Waals surface area contributed by atoms with Gasteiger partial charge in [0.25, 0.3) is 15.9 Å². The zero-order valence-corrected chi connectivity index (χ0v) is 19.3. The van der Waals surface area contributed by atoms with Gasteiger partial charge in [-0.1, -0.05) is 31.0 Å². The van der Waals surface area contributed by atoms with Crippen LogP contribution in [0, 0.1) is 0 Å². The van der Waals surface area contributed by atoms with Gasteiger partial charge >= 0.3 is 0 Å². The molecule has 1 N–H and O–H groups in total. The van der Waals surface area contributed by atoms with Crippen LogP contribution < -0.4 is 9.46 Å². The highest BCUT2D eigenvalue weighted by molar-refractivity contribution is 7.92. The third-order valence-electron chi connectivity index (χ3n) is 5.85. The highest BCUT2D eigenvalue weighted by atomic mass is 32.2. The Bertz CT molecular complexity index is 1220. The van der Waals surface area contributed by atoms with Crippen molar-refractivity contribution in [3.8, 4) is 5.75 Å². The lowest BCUT2D eigenvalue weighted by molar-refractivity contribution is 0.0680. The SMILES string of the molecule is COc1ccccc1NS(=O)(=O)c1cccc(C(=O)N2CCCCCC2c2ccncc2)c1. The normalized spacial score (nSPS) is 16.6. The molecule has 1 aromatic heterocycles. The maximum Gasteiger partial charge on any atom is 0.262 e. The van der Waals surface area contributed by atoms with Gasteiger partial charge in [0.1, 0.15) is 5.75 Å². The van der Waals surface area contributed by atoms with E-state index < -0.39 is 10.0 Å². The molecule has 33 heavy (non-hydrogen) atoms. The van der Waals surface area contributed by atoms with Crippen LogP contribution in [0.1, 0.15) is 47.6 Å². The van der Waals surface area contributed by atoms with E-state index in [0.29, 0.717) is 23.5 Å². The summed E-state index contributed by atoms with van der Waals surface area (Å²) in [5.41, 5.74) is 1.72. The molecule has 1 unspecified atom stereocenters. The van der Waals surface area contributed by atoms with Crippen LogP contribution in [0.4, 0.5) is 5.69 Å². The third kappa shape index (κ3) is 5.17. The van der Waals surface area contributed by atoms with Gasteiger partial charge in [-0.3, -0.25) is 14.5 Å². The van der Waals surface area contributed by atoms with Crippen molar-refractivity contribution in [2.45, 2.75) is 36.6 Å². The summed E-state index contributed by atoms with van der Waals surface area (Å²) in [6.07, 6.45) is 7.35. The Labute approximate surface area is 194 Å². The number of hydrogen-bond donors (Lipinski definition) is 1. The van der Waals surface area contributed by atoms with E-state index in [0.717, 1.165) is 31.2 Å². The van der Waals surface area contributed by atoms with Crippen molar-refractivity contribution >= 4 is 21.6 Å². The quantitative estimate of drug-likeness (QED) is 0.573. The number of rotatable bonds is 6. The first-order chi connectivity index (χ1) is 16.0. The van der Waals surface area contributed by atoms with E-state index in [1.165, 1.54) is 19.2 Å². The minimum atomic E-state index is -3.91. The van der Waals surface area contributed by atoms with Gasteiger partial charge in [-0.05, 0) is 60.9 Å². The van der Waals surface area contributed by atoms with Crippen LogP contribution in [0.25, 0.3) is 0 Å². The fourth-order valence-corrected chi connectivity index (χ4v) is 5.29. The summed E-state index contributed by atoms with van der Waals surface area (Å²) >= 11 is 0. The van der Waals surface area contributed by atoms with Crippen LogP contribution in [-0.4, -0.2) is 37.9 Å². The lowest BCUT2D eigenvalue weighted by Crippen LogP contribution is -2.35. The van der Waals surface area contributed by atoms with E-state index in [4.69, 9.17) is 4.74 Å². The van der Waals surface area contributed by atoms with Gasteiger partial charge in [-0.2, -0.15) is 0 Å². The zero-order valence-electron chi connectivity index (χ0n) is 18.5. The molecule has 1 saturated heterocycles. The van der Waals surface area contributed by atoms with E-state index in [1.807, 2.05) is 17.0 Å². The largest absolute Gasteiger partial charge is 0.495 e. The maximum absolute atomic E-state index is 13.5. The number of aromatic nitrogens is 1. The number of carbonyl (C=O) groups excluding carboxylic acids is 1. The van der Waals surface area contributed by atoms with Crippen molar-refractivity contribution in [1.29, 1.82) is 0 Å². The van der Waals surface area contributed by atoms with Gasteiger partial charge in [-0.15, -0.1) is 0 Å². The number of carbonyl (C=O) groups is 1. The smallest absolute Gasteiger partial charge is 0.262 e. The van der Waals surface area contributed by atoms with Gasteiger partial charge in [0, 0.05) is 24.5 Å². The molecule has 0 radical (unpaired) electrons. The fourth-order valence-electron chi connectivity index (χ4n) is 4.18. The molecule has 1 fully saturated rings. The number of hydrogen-bond acceptors (Lipinski definition) is 5. The molecule has 1 aliphatic heterocycles. The van der Waals surface area contributed by atoms with Crippen LogP contribution in [0.2, 0.25) is 0 Å². The predicted octanol–water partition coefficient (Wildman–Crippen LogP) is 4.65. The summed E-state index contributed by atoms with van der Waals surface area (Å²) in [7, 11) is -2.44. The molecule has 0 spiro atoms. The Morgan fingerprint density at radius 3 is 2.61 bits per heavy atom. The molecule has 2 aromatic carbocycles. The molecule has 172 valence electrons. The van der Waals surface area contributed by atoms with Crippen molar-refractivity contribution < 1.29 is 17.9 Å². The van der Waals surface area contributed by atoms with E-state index >= 15 is 0 Å². The first-order valence-electron chi connectivity index (χ1n) is 11.0. The predicted molar refractivity (Wildman–Crippen MR) is 127 cm³/mol. The molecular formula is C25H27N3O4S. The molecule has 0 bridgehead atoms. The highest BCUT2D eigenvalue weighted by Crippen LogP contribution is 2.32. The second-order valence-corrected chi connectivity index (χ2v) is 9.66. The summed E-state index contributed by atoms with van der Waals surface area (Å²) in [6, 6.07) is 16.8. The monoisotopic (exact) mass is 465 g/mol. The molecule has 4 rings (SSSR count). The van der Waals surface area contributed by atoms with E-state index in [9.17, 15) is 13.2 Å². The molecule has 2 heterocycles. The second-order valence-electron chi connectivity index (χ2n) is 7.98. The second kappa shape index (κ2) is 10.0. The van der Waals surface area contributed by atoms with Crippen LogP contribution in [0.15, 0.2) is 78.0 Å². The standard InChI is InChI=1S/C25H27N3O4S/c1-32-24-12-5-4-10-22(24)27-33(30,31)21-9-7-8-20(18-21)25(29)28-17-6-2-3-11-23(28)19-13-15-26-16-14-19/h4-5,7-10,12-16,18,23,27H,2-3,6,11,17H2,1H3. The number of pyridine rings is 1. The lowest BCUT2D eigenvalue weighted by atomic mass is 10.0. The van der Waals surface area contributed by atoms with Gasteiger partial charge in [0.15, 0.2) is 0 Å². The summed E-state index contributed by atoms with van der Waals surface area (Å²) < 4.78 is 33.9. The minimum Gasteiger partial charge on any atom is -0.495 e. The van der Waals surface area contributed by atoms with E-state index in [1.54, 1.807) is 48.8 Å². The zero-order chi connectivity index (χ0) is 23.3. The number of anilines is 1. The molecule has 8 heteroatoms. The molecule has 1 atom stereocenters. The average molecular weight is 466 g/mol. The van der Waals surface area contributed by atoms with Crippen molar-refractivity contribution in [3.63, 3.8) is 0 Å². The molecule has 1 aliphatic rings. The van der Waals surface area contributed by atoms with Gasteiger partial charge in [-0.25, -0.2) is 8.42 Å². The Morgan fingerprint density at radius 2 is 1.82 bits per heavy atom. The van der Waals surface area contributed by atoms with E-state index in [2.05, 4.69) is 9.71 Å². The molecule has 0 saturated carbocycles. The lowest BCUT2D eigenvalue weighted by Gasteiger charge is -2.30. The number of para-hydroxylation sites is 2. The number of likely N-dealkylation sites (tertiary alicyclic amines) is 1. The Kier molecular flexibility index (Phi) is 6.93. The highest BCUT2D eigenvalue weighted by Gasteiger charge is 2.28. The van der Waals surface area contributed by atoms with Crippen molar-refractivity contribution in [2.24, 2.45) is 0 Å². The first-order valence-corrected chi connectivity index (χ1v) is 12.4. The Morgan fingerprint density at radius 1 is 1.03 bits per heavy atom. The summed E-state index contributed by atoms with van der Waals surface area (Å²) in [5.74, 6) is 0.242. The van der Waals surface area contributed by atoms with Crippen molar-refractivity contribution in [2.75, 3.05) is 18.4 Å². The average Bonchev–Trinajstić information content (AvgIpc) is 3.10. The molecule has 3 aromatic rings. The van der Waals surface area contributed by atoms with Crippen LogP contribution >= 0.6 is 0 Å². The van der Waals surface area contributed by atoms with Gasteiger partial charge in [0.2, 0.25) is 0 Å². The fraction of sp³-hybridized carbons (Fsp3) is 0.280. The summed E-state index contributed by atoms with van der Waals surface area (Å²) in [4.78, 5) is 19.5. The molecule has 0 aliphatic carbocycles. The minimum absolute atomic E-state index is 0.0227. The van der Waals surface area contributed by atoms with Crippen LogP contribution in [-0.2, 0) is 10.0 Å². The summed E-state index contributed by atoms with van der Waals surface area (Å²) in [5, 5.41) is 0. The Hall–Kier alpha value is -3.39. The van der Waals surface area contributed by atoms with Crippen LogP contribution in [0.3, 0.4) is 0 Å².